The Balaban J connectivity index is 1.75. The highest BCUT2D eigenvalue weighted by molar-refractivity contribution is 6.31. The summed E-state index contributed by atoms with van der Waals surface area (Å²) in [7, 11) is 0. The van der Waals surface area contributed by atoms with Gasteiger partial charge in [-0.2, -0.15) is 0 Å². The molecule has 0 spiro atoms. The lowest BCUT2D eigenvalue weighted by Gasteiger charge is -2.45. The van der Waals surface area contributed by atoms with Gasteiger partial charge < -0.3 is 4.90 Å². The fourth-order valence-corrected chi connectivity index (χ4v) is 4.77. The monoisotopic (exact) mass is 406 g/mol. The Morgan fingerprint density at radius 3 is 2.48 bits per heavy atom. The van der Waals surface area contributed by atoms with E-state index in [1.165, 1.54) is 0 Å². The number of aromatic nitrogens is 2. The molecule has 148 valence electrons. The van der Waals surface area contributed by atoms with E-state index in [9.17, 15) is 4.79 Å². The highest BCUT2D eigenvalue weighted by Crippen LogP contribution is 2.47. The number of amides is 2. The molecule has 5 nitrogen and oxygen atoms in total. The first kappa shape index (κ1) is 18.3. The summed E-state index contributed by atoms with van der Waals surface area (Å²) in [5.41, 5.74) is 4.09. The third-order valence-corrected chi connectivity index (χ3v) is 6.19. The molecule has 1 fully saturated rings. The Morgan fingerprint density at radius 2 is 1.76 bits per heavy atom. The summed E-state index contributed by atoms with van der Waals surface area (Å²) in [4.78, 5) is 22.3. The number of fused-ring (bicyclic) bond motifs is 3. The molecule has 3 heterocycles. The highest BCUT2D eigenvalue weighted by Gasteiger charge is 2.45. The maximum Gasteiger partial charge on any atom is 0.325 e. The zero-order chi connectivity index (χ0) is 20.2. The van der Waals surface area contributed by atoms with Gasteiger partial charge in [-0.15, -0.1) is 0 Å². The van der Waals surface area contributed by atoms with Crippen molar-refractivity contribution in [1.82, 2.24) is 14.5 Å². The molecule has 2 aliphatic heterocycles. The van der Waals surface area contributed by atoms with Crippen molar-refractivity contribution in [3.8, 4) is 16.9 Å². The van der Waals surface area contributed by atoms with Gasteiger partial charge in [-0.1, -0.05) is 41.9 Å². The van der Waals surface area contributed by atoms with Crippen LogP contribution >= 0.6 is 11.6 Å². The molecular weight excluding hydrogens is 384 g/mol. The number of hydrogen-bond donors (Lipinski definition) is 0. The summed E-state index contributed by atoms with van der Waals surface area (Å²) in [6.45, 7) is 5.77. The van der Waals surface area contributed by atoms with Crippen molar-refractivity contribution >= 4 is 23.3 Å². The molecule has 2 aromatic carbocycles. The van der Waals surface area contributed by atoms with Gasteiger partial charge in [-0.05, 0) is 44.9 Å². The predicted molar refractivity (Wildman–Crippen MR) is 116 cm³/mol. The lowest BCUT2D eigenvalue weighted by atomic mass is 9.90. The molecule has 0 unspecified atom stereocenters. The van der Waals surface area contributed by atoms with E-state index in [0.717, 1.165) is 54.3 Å². The number of carbonyl (C=O) groups excluding carboxylic acids is 1. The molecule has 2 aliphatic rings. The number of rotatable bonds is 1. The van der Waals surface area contributed by atoms with Gasteiger partial charge in [-0.25, -0.2) is 9.78 Å². The van der Waals surface area contributed by atoms with Crippen molar-refractivity contribution in [3.05, 3.63) is 65.6 Å². The van der Waals surface area contributed by atoms with Crippen LogP contribution in [0.2, 0.25) is 5.02 Å². The van der Waals surface area contributed by atoms with Gasteiger partial charge in [-0.3, -0.25) is 9.47 Å². The van der Waals surface area contributed by atoms with Crippen molar-refractivity contribution in [2.45, 2.75) is 32.2 Å². The summed E-state index contributed by atoms with van der Waals surface area (Å²) in [5.74, 6) is 0. The molecule has 1 saturated heterocycles. The van der Waals surface area contributed by atoms with Crippen LogP contribution in [0.15, 0.2) is 54.9 Å². The molecule has 0 N–H and O–H groups in total. The lowest BCUT2D eigenvalue weighted by Crippen LogP contribution is -2.54. The van der Waals surface area contributed by atoms with E-state index in [-0.39, 0.29) is 6.03 Å². The van der Waals surface area contributed by atoms with Crippen LogP contribution in [-0.2, 0) is 5.54 Å². The van der Waals surface area contributed by atoms with E-state index < -0.39 is 5.54 Å². The van der Waals surface area contributed by atoms with Crippen LogP contribution in [0.5, 0.6) is 0 Å². The molecule has 6 heteroatoms. The largest absolute Gasteiger partial charge is 0.325 e. The van der Waals surface area contributed by atoms with Crippen LogP contribution in [-0.4, -0.2) is 33.6 Å². The molecule has 0 aliphatic carbocycles. The quantitative estimate of drug-likeness (QED) is 0.538. The first-order valence-corrected chi connectivity index (χ1v) is 10.4. The highest BCUT2D eigenvalue weighted by atomic mass is 35.5. The van der Waals surface area contributed by atoms with Crippen molar-refractivity contribution in [2.75, 3.05) is 18.0 Å². The molecule has 0 atom stereocenters. The number of benzene rings is 2. The molecule has 3 aromatic rings. The first-order valence-electron chi connectivity index (χ1n) is 10.0. The molecular formula is C23H23ClN4O. The van der Waals surface area contributed by atoms with Crippen LogP contribution in [0.1, 0.15) is 32.4 Å². The number of likely N-dealkylation sites (tertiary alicyclic amines) is 1. The van der Waals surface area contributed by atoms with Gasteiger partial charge in [0.1, 0.15) is 6.33 Å². The Labute approximate surface area is 175 Å². The number of carbonyl (C=O) groups is 1. The second-order valence-corrected chi connectivity index (χ2v) is 8.62. The summed E-state index contributed by atoms with van der Waals surface area (Å²) in [6.07, 6.45) is 3.95. The van der Waals surface area contributed by atoms with Gasteiger partial charge in [0, 0.05) is 23.7 Å². The van der Waals surface area contributed by atoms with Crippen LogP contribution in [0.4, 0.5) is 10.5 Å². The number of anilines is 1. The maximum atomic E-state index is 13.6. The fourth-order valence-electron chi connectivity index (χ4n) is 4.60. The Hall–Kier alpha value is -2.79. The number of nitrogens with zero attached hydrogens (tertiary/aromatic N) is 4. The average molecular weight is 407 g/mol. The van der Waals surface area contributed by atoms with Crippen LogP contribution in [0.3, 0.4) is 0 Å². The summed E-state index contributed by atoms with van der Waals surface area (Å²) < 4.78 is 2.10. The van der Waals surface area contributed by atoms with E-state index in [1.807, 2.05) is 52.5 Å². The minimum atomic E-state index is -0.598. The summed E-state index contributed by atoms with van der Waals surface area (Å²) >= 11 is 6.35. The molecule has 1 aromatic heterocycles. The van der Waals surface area contributed by atoms with E-state index >= 15 is 0 Å². The van der Waals surface area contributed by atoms with Crippen molar-refractivity contribution in [2.24, 2.45) is 0 Å². The molecule has 0 radical (unpaired) electrons. The van der Waals surface area contributed by atoms with Crippen molar-refractivity contribution in [1.29, 1.82) is 0 Å². The van der Waals surface area contributed by atoms with Gasteiger partial charge in [0.15, 0.2) is 0 Å². The number of halogens is 1. The minimum Gasteiger partial charge on any atom is -0.324 e. The van der Waals surface area contributed by atoms with E-state index in [0.29, 0.717) is 5.02 Å². The normalized spacial score (nSPS) is 17.2. The smallest absolute Gasteiger partial charge is 0.324 e. The van der Waals surface area contributed by atoms with Gasteiger partial charge in [0.25, 0.3) is 0 Å². The summed E-state index contributed by atoms with van der Waals surface area (Å²) in [5, 5.41) is 0.616. The topological polar surface area (TPSA) is 41.4 Å². The molecule has 0 bridgehead atoms. The minimum absolute atomic E-state index is 0.0301. The predicted octanol–water partition coefficient (Wildman–Crippen LogP) is 5.46. The first-order chi connectivity index (χ1) is 14.0. The second kappa shape index (κ2) is 6.63. The fraction of sp³-hybridized carbons (Fsp3) is 0.304. The second-order valence-electron chi connectivity index (χ2n) is 8.18. The van der Waals surface area contributed by atoms with E-state index in [4.69, 9.17) is 16.6 Å². The zero-order valence-electron chi connectivity index (χ0n) is 16.6. The van der Waals surface area contributed by atoms with Crippen LogP contribution < -0.4 is 4.90 Å². The third-order valence-electron chi connectivity index (χ3n) is 5.96. The van der Waals surface area contributed by atoms with Gasteiger partial charge >= 0.3 is 6.03 Å². The van der Waals surface area contributed by atoms with Crippen LogP contribution in [0, 0.1) is 0 Å². The van der Waals surface area contributed by atoms with Crippen LogP contribution in [0.25, 0.3) is 16.9 Å². The molecule has 29 heavy (non-hydrogen) atoms. The molecule has 5 rings (SSSR count). The standard InChI is InChI=1S/C23H23ClN4O/c1-23(2)21-20(16-8-4-3-5-9-16)25-15-27(21)18-11-10-17(24)14-19(18)28(23)22(29)26-12-6-7-13-26/h3-5,8-11,14-15H,6-7,12-13H2,1-2H3. The van der Waals surface area contributed by atoms with Crippen molar-refractivity contribution in [3.63, 3.8) is 0 Å². The summed E-state index contributed by atoms with van der Waals surface area (Å²) in [6, 6.07) is 15.9. The average Bonchev–Trinajstić information content (AvgIpc) is 3.39. The van der Waals surface area contributed by atoms with Crippen molar-refractivity contribution < 1.29 is 4.79 Å². The SMILES string of the molecule is CC1(C)c2c(-c3ccccc3)ncn2-c2ccc(Cl)cc2N1C(=O)N1CCCC1. The van der Waals surface area contributed by atoms with E-state index in [2.05, 4.69) is 30.5 Å². The van der Waals surface area contributed by atoms with Gasteiger partial charge in [0.2, 0.25) is 0 Å². The Morgan fingerprint density at radius 1 is 1.03 bits per heavy atom. The molecule has 2 amide bonds. The number of imidazole rings is 1. The lowest BCUT2D eigenvalue weighted by molar-refractivity contribution is 0.207. The Bertz CT molecular complexity index is 1080. The maximum absolute atomic E-state index is 13.6. The number of urea groups is 1. The van der Waals surface area contributed by atoms with Gasteiger partial charge in [0.05, 0.1) is 28.3 Å². The number of hydrogen-bond acceptors (Lipinski definition) is 2. The third kappa shape index (κ3) is 2.76. The molecule has 0 saturated carbocycles. The zero-order valence-corrected chi connectivity index (χ0v) is 17.4. The van der Waals surface area contributed by atoms with E-state index in [1.54, 1.807) is 0 Å². The Kier molecular flexibility index (Phi) is 4.17.